The van der Waals surface area contributed by atoms with Crippen molar-refractivity contribution in [3.63, 3.8) is 0 Å². The molecule has 1 heterocycles. The van der Waals surface area contributed by atoms with Crippen molar-refractivity contribution in [1.82, 2.24) is 5.32 Å². The van der Waals surface area contributed by atoms with Gasteiger partial charge in [-0.15, -0.1) is 0 Å². The first kappa shape index (κ1) is 14.4. The Morgan fingerprint density at radius 3 is 3.19 bits per heavy atom. The smallest absolute Gasteiger partial charge is 0.224 e. The summed E-state index contributed by atoms with van der Waals surface area (Å²) >= 11 is 0. The zero-order chi connectivity index (χ0) is 14.8. The van der Waals surface area contributed by atoms with Crippen molar-refractivity contribution in [2.45, 2.75) is 37.5 Å². The Bertz CT molecular complexity index is 520. The van der Waals surface area contributed by atoms with Crippen LogP contribution in [0.2, 0.25) is 0 Å². The van der Waals surface area contributed by atoms with Crippen molar-refractivity contribution >= 4 is 5.91 Å². The summed E-state index contributed by atoms with van der Waals surface area (Å²) in [4.78, 5) is 12.2. The van der Waals surface area contributed by atoms with Crippen molar-refractivity contribution in [1.29, 1.82) is 0 Å². The largest absolute Gasteiger partial charge is 0.497 e. The maximum atomic E-state index is 12.2. The highest BCUT2D eigenvalue weighted by Gasteiger charge is 2.50. The van der Waals surface area contributed by atoms with Gasteiger partial charge in [0, 0.05) is 18.6 Å². The highest BCUT2D eigenvalue weighted by Crippen LogP contribution is 2.36. The molecule has 2 aliphatic rings. The van der Waals surface area contributed by atoms with Crippen molar-refractivity contribution in [3.8, 4) is 5.75 Å². The number of benzene rings is 1. The van der Waals surface area contributed by atoms with Crippen LogP contribution >= 0.6 is 0 Å². The molecule has 5 heteroatoms. The van der Waals surface area contributed by atoms with Crippen LogP contribution in [0.3, 0.4) is 0 Å². The van der Waals surface area contributed by atoms with E-state index in [0.717, 1.165) is 30.8 Å². The molecule has 3 rings (SSSR count). The molecule has 114 valence electrons. The van der Waals surface area contributed by atoms with Gasteiger partial charge in [-0.25, -0.2) is 0 Å². The topological polar surface area (TPSA) is 73.6 Å². The molecule has 3 N–H and O–H groups in total. The molecule has 0 spiro atoms. The second-order valence-electron chi connectivity index (χ2n) is 5.84. The van der Waals surface area contributed by atoms with E-state index >= 15 is 0 Å². The lowest BCUT2D eigenvalue weighted by atomic mass is 9.68. The number of carbonyl (C=O) groups excluding carboxylic acids is 1. The third-order valence-corrected chi connectivity index (χ3v) is 4.50. The Hall–Kier alpha value is -1.59. The Morgan fingerprint density at radius 2 is 2.38 bits per heavy atom. The van der Waals surface area contributed by atoms with Crippen LogP contribution in [0.4, 0.5) is 0 Å². The maximum absolute atomic E-state index is 12.2. The van der Waals surface area contributed by atoms with Gasteiger partial charge in [0.05, 0.1) is 25.7 Å². The normalized spacial score (nSPS) is 31.0. The van der Waals surface area contributed by atoms with Gasteiger partial charge in [-0.3, -0.25) is 4.79 Å². The van der Waals surface area contributed by atoms with Crippen LogP contribution in [0.25, 0.3) is 0 Å². The maximum Gasteiger partial charge on any atom is 0.224 e. The number of ether oxygens (including phenoxy) is 2. The van der Waals surface area contributed by atoms with E-state index < -0.39 is 0 Å². The number of carbonyl (C=O) groups is 1. The summed E-state index contributed by atoms with van der Waals surface area (Å²) in [5, 5.41) is 3.02. The SMILES string of the molecule is COc1cccc(CC(=O)NC2C(N)C3CCCOC32)c1. The van der Waals surface area contributed by atoms with E-state index in [1.807, 2.05) is 24.3 Å². The minimum absolute atomic E-state index is 0.0173. The van der Waals surface area contributed by atoms with Crippen molar-refractivity contribution in [2.24, 2.45) is 11.7 Å². The highest BCUT2D eigenvalue weighted by atomic mass is 16.5. The number of rotatable bonds is 4. The first-order valence-corrected chi connectivity index (χ1v) is 7.48. The summed E-state index contributed by atoms with van der Waals surface area (Å²) < 4.78 is 10.9. The monoisotopic (exact) mass is 290 g/mol. The lowest BCUT2D eigenvalue weighted by Gasteiger charge is -2.52. The first-order chi connectivity index (χ1) is 10.2. The predicted molar refractivity (Wildman–Crippen MR) is 79.1 cm³/mol. The second-order valence-corrected chi connectivity index (χ2v) is 5.84. The Balaban J connectivity index is 1.56. The quantitative estimate of drug-likeness (QED) is 0.862. The zero-order valence-corrected chi connectivity index (χ0v) is 12.2. The van der Waals surface area contributed by atoms with E-state index in [-0.39, 0.29) is 24.1 Å². The van der Waals surface area contributed by atoms with Crippen molar-refractivity contribution in [3.05, 3.63) is 29.8 Å². The van der Waals surface area contributed by atoms with Gasteiger partial charge in [-0.05, 0) is 30.5 Å². The molecular weight excluding hydrogens is 268 g/mol. The fourth-order valence-electron chi connectivity index (χ4n) is 3.33. The van der Waals surface area contributed by atoms with E-state index in [1.54, 1.807) is 7.11 Å². The summed E-state index contributed by atoms with van der Waals surface area (Å²) in [5.74, 6) is 1.15. The van der Waals surface area contributed by atoms with Crippen molar-refractivity contribution < 1.29 is 14.3 Å². The molecule has 0 aromatic heterocycles. The number of nitrogens with two attached hydrogens (primary N) is 1. The predicted octanol–water partition coefficient (Wildman–Crippen LogP) is 0.859. The number of nitrogens with one attached hydrogen (secondary N) is 1. The van der Waals surface area contributed by atoms with Crippen LogP contribution in [-0.2, 0) is 16.0 Å². The van der Waals surface area contributed by atoms with Gasteiger partial charge in [-0.2, -0.15) is 0 Å². The first-order valence-electron chi connectivity index (χ1n) is 7.48. The number of methoxy groups -OCH3 is 1. The van der Waals surface area contributed by atoms with E-state index in [2.05, 4.69) is 5.32 Å². The van der Waals surface area contributed by atoms with Crippen LogP contribution in [-0.4, -0.2) is 37.8 Å². The van der Waals surface area contributed by atoms with Gasteiger partial charge in [0.25, 0.3) is 0 Å². The summed E-state index contributed by atoms with van der Waals surface area (Å²) in [6.07, 6.45) is 2.61. The lowest BCUT2D eigenvalue weighted by Crippen LogP contribution is -2.72. The average molecular weight is 290 g/mol. The number of amides is 1. The minimum Gasteiger partial charge on any atom is -0.497 e. The Kier molecular flexibility index (Phi) is 4.12. The average Bonchev–Trinajstić information content (AvgIpc) is 2.52. The summed E-state index contributed by atoms with van der Waals surface area (Å²) in [6, 6.07) is 7.52. The van der Waals surface area contributed by atoms with E-state index in [1.165, 1.54) is 0 Å². The van der Waals surface area contributed by atoms with Crippen LogP contribution in [0.5, 0.6) is 5.75 Å². The Morgan fingerprint density at radius 1 is 1.52 bits per heavy atom. The van der Waals surface area contributed by atoms with Crippen molar-refractivity contribution in [2.75, 3.05) is 13.7 Å². The molecule has 1 aromatic carbocycles. The van der Waals surface area contributed by atoms with E-state index in [9.17, 15) is 4.79 Å². The zero-order valence-electron chi connectivity index (χ0n) is 12.2. The molecule has 0 radical (unpaired) electrons. The molecule has 21 heavy (non-hydrogen) atoms. The highest BCUT2D eigenvalue weighted by molar-refractivity contribution is 5.79. The molecule has 1 aromatic rings. The molecule has 4 unspecified atom stereocenters. The molecule has 4 atom stereocenters. The van der Waals surface area contributed by atoms with E-state index in [0.29, 0.717) is 12.3 Å². The number of hydrogen-bond acceptors (Lipinski definition) is 4. The minimum atomic E-state index is -0.0478. The molecule has 1 aliphatic carbocycles. The fraction of sp³-hybridized carbons (Fsp3) is 0.562. The standard InChI is InChI=1S/C16H22N2O3/c1-20-11-5-2-4-10(8-11)9-13(19)18-15-14(17)12-6-3-7-21-16(12)15/h2,4-5,8,12,14-16H,3,6-7,9,17H2,1H3,(H,18,19). The molecule has 1 aliphatic heterocycles. The van der Waals surface area contributed by atoms with Gasteiger partial charge in [0.15, 0.2) is 0 Å². The third kappa shape index (κ3) is 2.89. The summed E-state index contributed by atoms with van der Waals surface area (Å²) in [7, 11) is 1.62. The van der Waals surface area contributed by atoms with Gasteiger partial charge < -0.3 is 20.5 Å². The molecule has 1 amide bonds. The van der Waals surface area contributed by atoms with Gasteiger partial charge in [0.1, 0.15) is 5.75 Å². The van der Waals surface area contributed by atoms with Crippen LogP contribution < -0.4 is 15.8 Å². The van der Waals surface area contributed by atoms with Gasteiger partial charge in [0.2, 0.25) is 5.91 Å². The summed E-state index contributed by atoms with van der Waals surface area (Å²) in [5.41, 5.74) is 7.08. The second kappa shape index (κ2) is 6.03. The van der Waals surface area contributed by atoms with Crippen LogP contribution in [0.15, 0.2) is 24.3 Å². The number of hydrogen-bond donors (Lipinski definition) is 2. The van der Waals surface area contributed by atoms with Gasteiger partial charge in [-0.1, -0.05) is 12.1 Å². The lowest BCUT2D eigenvalue weighted by molar-refractivity contribution is -0.138. The van der Waals surface area contributed by atoms with E-state index in [4.69, 9.17) is 15.2 Å². The molecular formula is C16H22N2O3. The Labute approximate surface area is 124 Å². The van der Waals surface area contributed by atoms with Crippen LogP contribution in [0.1, 0.15) is 18.4 Å². The fourth-order valence-corrected chi connectivity index (χ4v) is 3.33. The molecule has 0 bridgehead atoms. The number of fused-ring (bicyclic) bond motifs is 1. The molecule has 1 saturated carbocycles. The van der Waals surface area contributed by atoms with Crippen LogP contribution in [0, 0.1) is 5.92 Å². The summed E-state index contributed by atoms with van der Waals surface area (Å²) in [6.45, 7) is 0.774. The third-order valence-electron chi connectivity index (χ3n) is 4.50. The molecule has 2 fully saturated rings. The molecule has 5 nitrogen and oxygen atoms in total. The van der Waals surface area contributed by atoms with Gasteiger partial charge >= 0.3 is 0 Å². The molecule has 1 saturated heterocycles.